The number of nitrogens with two attached hydrogens (primary N) is 1. The van der Waals surface area contributed by atoms with E-state index >= 15 is 0 Å². The zero-order valence-electron chi connectivity index (χ0n) is 9.74. The van der Waals surface area contributed by atoms with Gasteiger partial charge in [0.25, 0.3) is 0 Å². The quantitative estimate of drug-likeness (QED) is 0.651. The highest BCUT2D eigenvalue weighted by molar-refractivity contribution is 5.77. The van der Waals surface area contributed by atoms with E-state index in [0.29, 0.717) is 12.5 Å². The highest BCUT2D eigenvalue weighted by Crippen LogP contribution is 2.18. The van der Waals surface area contributed by atoms with E-state index in [-0.39, 0.29) is 11.7 Å². The van der Waals surface area contributed by atoms with Crippen LogP contribution in [-0.4, -0.2) is 12.0 Å². The second-order valence-corrected chi connectivity index (χ2v) is 4.23. The van der Waals surface area contributed by atoms with Gasteiger partial charge < -0.3 is 10.5 Å². The normalized spacial score (nSPS) is 12.6. The molecule has 0 spiro atoms. The molecule has 5 heteroatoms. The van der Waals surface area contributed by atoms with Crippen LogP contribution in [0.4, 0.5) is 8.78 Å². The number of halogens is 2. The smallest absolute Gasteiger partial charge is 0.328 e. The van der Waals surface area contributed by atoms with Crippen LogP contribution in [0.3, 0.4) is 0 Å². The van der Waals surface area contributed by atoms with E-state index in [2.05, 4.69) is 0 Å². The van der Waals surface area contributed by atoms with Crippen molar-refractivity contribution in [2.24, 2.45) is 11.7 Å². The summed E-state index contributed by atoms with van der Waals surface area (Å²) in [5.41, 5.74) is 5.57. The Kier molecular flexibility index (Phi) is 4.57. The molecule has 0 aliphatic carbocycles. The first-order chi connectivity index (χ1) is 7.90. The molecule has 17 heavy (non-hydrogen) atoms. The number of ether oxygens (including phenoxy) is 1. The van der Waals surface area contributed by atoms with Crippen LogP contribution < -0.4 is 10.5 Å². The second kappa shape index (κ2) is 5.72. The molecule has 0 aliphatic heterocycles. The van der Waals surface area contributed by atoms with Crippen molar-refractivity contribution < 1.29 is 18.3 Å². The molecule has 1 atom stereocenters. The third kappa shape index (κ3) is 4.11. The molecule has 0 amide bonds. The number of hydrogen-bond donors (Lipinski definition) is 1. The van der Waals surface area contributed by atoms with Crippen LogP contribution in [0.2, 0.25) is 0 Å². The van der Waals surface area contributed by atoms with Gasteiger partial charge >= 0.3 is 5.97 Å². The van der Waals surface area contributed by atoms with Gasteiger partial charge in [0.2, 0.25) is 0 Å². The molecule has 1 rings (SSSR count). The third-order valence-corrected chi connectivity index (χ3v) is 2.13. The number of carbonyl (C=O) groups excluding carboxylic acids is 1. The number of benzene rings is 1. The van der Waals surface area contributed by atoms with Crippen LogP contribution in [0.1, 0.15) is 20.3 Å². The minimum absolute atomic E-state index is 0.232. The van der Waals surface area contributed by atoms with Gasteiger partial charge in [-0.2, -0.15) is 0 Å². The maximum atomic E-state index is 13.2. The predicted octanol–water partition coefficient (Wildman–Crippen LogP) is 2.24. The average molecular weight is 243 g/mol. The highest BCUT2D eigenvalue weighted by Gasteiger charge is 2.18. The molecule has 0 fully saturated rings. The zero-order valence-corrected chi connectivity index (χ0v) is 9.74. The molecule has 0 saturated heterocycles. The van der Waals surface area contributed by atoms with Crippen molar-refractivity contribution in [1.82, 2.24) is 0 Å². The fourth-order valence-corrected chi connectivity index (χ4v) is 1.35. The number of carbonyl (C=O) groups is 1. The van der Waals surface area contributed by atoms with Gasteiger partial charge in [0, 0.05) is 6.07 Å². The van der Waals surface area contributed by atoms with Gasteiger partial charge in [-0.15, -0.1) is 0 Å². The number of esters is 1. The van der Waals surface area contributed by atoms with Gasteiger partial charge in [-0.1, -0.05) is 13.8 Å². The lowest BCUT2D eigenvalue weighted by Gasteiger charge is -2.13. The number of rotatable bonds is 4. The lowest BCUT2D eigenvalue weighted by Crippen LogP contribution is -2.35. The Morgan fingerprint density at radius 1 is 1.41 bits per heavy atom. The van der Waals surface area contributed by atoms with Crippen LogP contribution in [0.15, 0.2) is 18.2 Å². The minimum atomic E-state index is -0.921. The van der Waals surface area contributed by atoms with Crippen LogP contribution in [0.25, 0.3) is 0 Å². The molecule has 0 bridgehead atoms. The molecule has 3 nitrogen and oxygen atoms in total. The lowest BCUT2D eigenvalue weighted by molar-refractivity contribution is -0.136. The molecule has 0 aromatic heterocycles. The van der Waals surface area contributed by atoms with Crippen LogP contribution in [0.5, 0.6) is 5.75 Å². The summed E-state index contributed by atoms with van der Waals surface area (Å²) in [4.78, 5) is 11.5. The van der Waals surface area contributed by atoms with E-state index in [4.69, 9.17) is 10.5 Å². The maximum absolute atomic E-state index is 13.2. The van der Waals surface area contributed by atoms with Crippen molar-refractivity contribution >= 4 is 5.97 Å². The van der Waals surface area contributed by atoms with Crippen molar-refractivity contribution in [3.05, 3.63) is 29.8 Å². The zero-order chi connectivity index (χ0) is 13.0. The summed E-state index contributed by atoms with van der Waals surface area (Å²) in [5.74, 6) is -2.45. The van der Waals surface area contributed by atoms with Gasteiger partial charge in [0.15, 0.2) is 11.6 Å². The molecule has 0 heterocycles. The highest BCUT2D eigenvalue weighted by atomic mass is 19.1. The number of hydrogen-bond acceptors (Lipinski definition) is 3. The Hall–Kier alpha value is -1.49. The van der Waals surface area contributed by atoms with Crippen molar-refractivity contribution in [3.8, 4) is 5.75 Å². The molecular weight excluding hydrogens is 228 g/mol. The SMILES string of the molecule is CC(C)CC(N)C(=O)Oc1ccc(F)cc1F. The van der Waals surface area contributed by atoms with Gasteiger partial charge in [0.1, 0.15) is 11.9 Å². The van der Waals surface area contributed by atoms with Crippen molar-refractivity contribution in [2.45, 2.75) is 26.3 Å². The van der Waals surface area contributed by atoms with Gasteiger partial charge in [-0.3, -0.25) is 0 Å². The van der Waals surface area contributed by atoms with Crippen LogP contribution >= 0.6 is 0 Å². The standard InChI is InChI=1S/C12H15F2NO2/c1-7(2)5-10(15)12(16)17-11-4-3-8(13)6-9(11)14/h3-4,6-7,10H,5,15H2,1-2H3. The van der Waals surface area contributed by atoms with E-state index < -0.39 is 23.6 Å². The minimum Gasteiger partial charge on any atom is -0.422 e. The molecule has 1 aromatic carbocycles. The van der Waals surface area contributed by atoms with E-state index in [1.54, 1.807) is 0 Å². The van der Waals surface area contributed by atoms with Crippen molar-refractivity contribution in [1.29, 1.82) is 0 Å². The molecule has 94 valence electrons. The van der Waals surface area contributed by atoms with Crippen molar-refractivity contribution in [2.75, 3.05) is 0 Å². The fourth-order valence-electron chi connectivity index (χ4n) is 1.35. The maximum Gasteiger partial charge on any atom is 0.328 e. The Labute approximate surface area is 98.6 Å². The van der Waals surface area contributed by atoms with E-state index in [0.717, 1.165) is 12.1 Å². The lowest BCUT2D eigenvalue weighted by atomic mass is 10.1. The van der Waals surface area contributed by atoms with Crippen molar-refractivity contribution in [3.63, 3.8) is 0 Å². The summed E-state index contributed by atoms with van der Waals surface area (Å²) < 4.78 is 30.5. The topological polar surface area (TPSA) is 52.3 Å². The fraction of sp³-hybridized carbons (Fsp3) is 0.417. The Balaban J connectivity index is 2.67. The summed E-state index contributed by atoms with van der Waals surface area (Å²) in [7, 11) is 0. The molecule has 0 saturated carbocycles. The summed E-state index contributed by atoms with van der Waals surface area (Å²) >= 11 is 0. The van der Waals surface area contributed by atoms with E-state index in [1.165, 1.54) is 0 Å². The average Bonchev–Trinajstić information content (AvgIpc) is 2.21. The molecule has 0 radical (unpaired) electrons. The summed E-state index contributed by atoms with van der Waals surface area (Å²) in [5, 5.41) is 0. The molecular formula is C12H15F2NO2. The van der Waals surface area contributed by atoms with E-state index in [9.17, 15) is 13.6 Å². The summed E-state index contributed by atoms with van der Waals surface area (Å²) in [6.07, 6.45) is 0.446. The molecule has 1 unspecified atom stereocenters. The summed E-state index contributed by atoms with van der Waals surface area (Å²) in [6, 6.07) is 1.92. The second-order valence-electron chi connectivity index (χ2n) is 4.23. The van der Waals surface area contributed by atoms with Crippen LogP contribution in [0, 0.1) is 17.6 Å². The van der Waals surface area contributed by atoms with Gasteiger partial charge in [0.05, 0.1) is 0 Å². The third-order valence-electron chi connectivity index (χ3n) is 2.13. The Morgan fingerprint density at radius 3 is 2.59 bits per heavy atom. The molecule has 2 N–H and O–H groups in total. The first-order valence-electron chi connectivity index (χ1n) is 5.32. The van der Waals surface area contributed by atoms with Gasteiger partial charge in [-0.05, 0) is 24.5 Å². The summed E-state index contributed by atoms with van der Waals surface area (Å²) in [6.45, 7) is 3.82. The Morgan fingerprint density at radius 2 is 2.06 bits per heavy atom. The first kappa shape index (κ1) is 13.6. The predicted molar refractivity (Wildman–Crippen MR) is 59.4 cm³/mol. The molecule has 0 aliphatic rings. The monoisotopic (exact) mass is 243 g/mol. The first-order valence-corrected chi connectivity index (χ1v) is 5.32. The van der Waals surface area contributed by atoms with E-state index in [1.807, 2.05) is 13.8 Å². The van der Waals surface area contributed by atoms with Crippen LogP contribution in [-0.2, 0) is 4.79 Å². The largest absolute Gasteiger partial charge is 0.422 e. The van der Waals surface area contributed by atoms with Gasteiger partial charge in [-0.25, -0.2) is 13.6 Å². The molecule has 1 aromatic rings. The Bertz CT molecular complexity index is 407.